The number of aromatic nitrogens is 11. The predicted molar refractivity (Wildman–Crippen MR) is 512 cm³/mol. The van der Waals surface area contributed by atoms with E-state index in [9.17, 15) is 0 Å². The molecule has 0 amide bonds. The van der Waals surface area contributed by atoms with Crippen molar-refractivity contribution in [2.45, 2.75) is 0 Å². The second-order valence-corrected chi connectivity index (χ2v) is 31.5. The highest BCUT2D eigenvalue weighted by Gasteiger charge is 2.21. The third-order valence-corrected chi connectivity index (χ3v) is 23.9. The molecule has 0 saturated carbocycles. The highest BCUT2D eigenvalue weighted by molar-refractivity contribution is 6.16. The van der Waals surface area contributed by atoms with E-state index in [2.05, 4.69) is 398 Å². The number of pyridine rings is 7. The molecule has 8 aromatic heterocycles. The summed E-state index contributed by atoms with van der Waals surface area (Å²) in [7, 11) is 0. The average Bonchev–Trinajstić information content (AvgIpc) is 0.743. The zero-order chi connectivity index (χ0) is 82.0. The van der Waals surface area contributed by atoms with Crippen LogP contribution in [-0.2, 0) is 0 Å². The smallest absolute Gasteiger partial charge is 0.116 e. The van der Waals surface area contributed by atoms with Gasteiger partial charge in [-0.05, 0) is 294 Å². The standard InChI is InChI=1S/C39H23N5.2C37H23N3/c1-5-13-30-25(9-1)19-26-10-2-6-14-31(26)38(30)36-22-29(24-17-18-34-35(21-24)42-44-43-41-34)23-37(40-36)39-32-15-7-3-11-27(32)20-28-12-4-8-16-33(28)39;1-2-7-25-21-33-26(18-24(25)6-1)8-3-11-32(33)31-22-36(29-12-14-34-27(19-29)9-4-16-38-34)40-37(23-31)30-13-15-35-28(20-30)10-5-17-39-35;1-2-6-25-18-32-19-27(10-9-26(32)17-24(25)5-1)33-22-36(30-11-13-34-28(20-30)7-3-15-38-34)40-37(23-33)31-12-14-35-29(21-31)8-4-16-39-35/h1-23H;2*1-23H. The van der Waals surface area contributed by atoms with Crippen molar-refractivity contribution in [3.8, 4) is 101 Å². The van der Waals surface area contributed by atoms with Gasteiger partial charge >= 0.3 is 0 Å². The molecule has 0 radical (unpaired) electrons. The van der Waals surface area contributed by atoms with E-state index in [1.54, 1.807) is 0 Å². The Bertz CT molecular complexity index is 8170. The first-order valence-electron chi connectivity index (χ1n) is 41.5. The van der Waals surface area contributed by atoms with Gasteiger partial charge in [-0.2, -0.15) is 0 Å². The molecule has 0 bridgehead atoms. The first kappa shape index (κ1) is 72.3. The normalized spacial score (nSPS) is 11.5. The molecule has 576 valence electrons. The van der Waals surface area contributed by atoms with Crippen LogP contribution in [0, 0.1) is 0 Å². The van der Waals surface area contributed by atoms with Gasteiger partial charge in [-0.3, -0.25) is 19.9 Å². The van der Waals surface area contributed by atoms with Crippen LogP contribution < -0.4 is 0 Å². The van der Waals surface area contributed by atoms with Crippen LogP contribution in [0.2, 0.25) is 0 Å². The molecule has 11 heteroatoms. The minimum atomic E-state index is 0.698. The summed E-state index contributed by atoms with van der Waals surface area (Å²) in [6.45, 7) is 0. The molecule has 11 nitrogen and oxygen atoms in total. The van der Waals surface area contributed by atoms with E-state index in [1.807, 2.05) is 61.2 Å². The minimum Gasteiger partial charge on any atom is -0.256 e. The van der Waals surface area contributed by atoms with Crippen molar-refractivity contribution in [1.82, 2.24) is 55.5 Å². The lowest BCUT2D eigenvalue weighted by molar-refractivity contribution is 0.797. The summed E-state index contributed by atoms with van der Waals surface area (Å²) in [6.07, 6.45) is 7.32. The van der Waals surface area contributed by atoms with Gasteiger partial charge in [-0.25, -0.2) is 15.0 Å². The highest BCUT2D eigenvalue weighted by Crippen LogP contribution is 2.45. The van der Waals surface area contributed by atoms with Crippen LogP contribution in [-0.4, -0.2) is 55.5 Å². The third kappa shape index (κ3) is 13.7. The van der Waals surface area contributed by atoms with Gasteiger partial charge in [-0.15, -0.1) is 10.2 Å². The van der Waals surface area contributed by atoms with Crippen molar-refractivity contribution < 1.29 is 0 Å². The van der Waals surface area contributed by atoms with E-state index in [1.165, 1.54) is 91.7 Å². The number of rotatable bonds is 9. The minimum absolute atomic E-state index is 0.698. The van der Waals surface area contributed by atoms with Crippen molar-refractivity contribution in [3.05, 3.63) is 419 Å². The summed E-state index contributed by atoms with van der Waals surface area (Å²) in [5, 5.41) is 39.6. The van der Waals surface area contributed by atoms with Crippen molar-refractivity contribution in [2.24, 2.45) is 0 Å². The summed E-state index contributed by atoms with van der Waals surface area (Å²) in [4.78, 5) is 33.9. The average molecular weight is 1580 g/mol. The molecule has 0 aliphatic carbocycles. The molecule has 0 spiro atoms. The Morgan fingerprint density at radius 2 is 0.435 bits per heavy atom. The van der Waals surface area contributed by atoms with Crippen LogP contribution in [0.1, 0.15) is 0 Å². The van der Waals surface area contributed by atoms with Crippen LogP contribution in [0.15, 0.2) is 419 Å². The molecule has 0 unspecified atom stereocenters. The molecule has 8 heterocycles. The van der Waals surface area contributed by atoms with Gasteiger partial charge in [0.2, 0.25) is 0 Å². The Balaban J connectivity index is 0.000000108. The lowest BCUT2D eigenvalue weighted by Gasteiger charge is -2.17. The van der Waals surface area contributed by atoms with E-state index in [0.29, 0.717) is 11.0 Å². The second-order valence-electron chi connectivity index (χ2n) is 31.5. The molecule has 124 heavy (non-hydrogen) atoms. The zero-order valence-corrected chi connectivity index (χ0v) is 66.8. The van der Waals surface area contributed by atoms with Gasteiger partial charge < -0.3 is 0 Å². The van der Waals surface area contributed by atoms with Gasteiger partial charge in [0.15, 0.2) is 0 Å². The summed E-state index contributed by atoms with van der Waals surface area (Å²) in [5.74, 6) is 0. The Morgan fingerprint density at radius 3 is 0.879 bits per heavy atom. The van der Waals surface area contributed by atoms with Crippen LogP contribution in [0.25, 0.3) is 242 Å². The molecule has 0 atom stereocenters. The predicted octanol–water partition coefficient (Wildman–Crippen LogP) is 28.4. The molecule has 0 aliphatic rings. The molecule has 17 aromatic carbocycles. The summed E-state index contributed by atoms with van der Waals surface area (Å²) in [5.41, 5.74) is 24.1. The van der Waals surface area contributed by atoms with Gasteiger partial charge in [0.25, 0.3) is 0 Å². The number of fused-ring (bicyclic) bond motifs is 13. The first-order chi connectivity index (χ1) is 61.3. The number of hydrogen-bond donors (Lipinski definition) is 0. The Kier molecular flexibility index (Phi) is 18.0. The Morgan fingerprint density at radius 1 is 0.145 bits per heavy atom. The van der Waals surface area contributed by atoms with Gasteiger partial charge in [0.1, 0.15) is 11.0 Å². The molecule has 0 N–H and O–H groups in total. The quantitative estimate of drug-likeness (QED) is 0.127. The molecule has 25 aromatic rings. The molecule has 25 rings (SSSR count). The molecule has 0 fully saturated rings. The van der Waals surface area contributed by atoms with Gasteiger partial charge in [0.05, 0.1) is 56.2 Å². The maximum absolute atomic E-state index is 5.51. The monoisotopic (exact) mass is 1580 g/mol. The SMILES string of the molecule is c1ccc2c(-c3cc(-c4ccc5nnnnc5c4)cc(-c4c5ccccc5cc5ccccc45)n3)c3ccccc3cc2c1.c1ccc2cc3c(-c4cc(-c5ccc6ncccc6c5)nc(-c5ccc6ncccc6c5)c4)cccc3cc2c1.c1ccc2cc3cc(-c4cc(-c5ccc6ncccc6c5)nc(-c5ccc6ncccc6c5)c4)ccc3cc2c1. The summed E-state index contributed by atoms with van der Waals surface area (Å²) >= 11 is 0. The van der Waals surface area contributed by atoms with Gasteiger partial charge in [-0.1, -0.05) is 231 Å². The highest BCUT2D eigenvalue weighted by atomic mass is 15.4. The number of nitrogens with zero attached hydrogens (tertiary/aromatic N) is 11. The molecule has 0 aliphatic heterocycles. The maximum atomic E-state index is 5.51. The molecular formula is C113H69N11. The topological polar surface area (TPSA) is 142 Å². The van der Waals surface area contributed by atoms with E-state index in [4.69, 9.17) is 15.0 Å². The van der Waals surface area contributed by atoms with Crippen LogP contribution in [0.4, 0.5) is 0 Å². The molecule has 0 saturated heterocycles. The van der Waals surface area contributed by atoms with E-state index >= 15 is 0 Å². The molecular weight excluding hydrogens is 1510 g/mol. The van der Waals surface area contributed by atoms with Crippen molar-refractivity contribution in [3.63, 3.8) is 0 Å². The van der Waals surface area contributed by atoms with Gasteiger partial charge in [0, 0.05) is 79.7 Å². The summed E-state index contributed by atoms with van der Waals surface area (Å²) < 4.78 is 0. The van der Waals surface area contributed by atoms with Crippen LogP contribution in [0.3, 0.4) is 0 Å². The lowest BCUT2D eigenvalue weighted by Crippen LogP contribution is -1.96. The Hall–Kier alpha value is -16.9. The fourth-order valence-electron chi connectivity index (χ4n) is 17.8. The number of hydrogen-bond acceptors (Lipinski definition) is 11. The van der Waals surface area contributed by atoms with Crippen molar-refractivity contribution in [2.75, 3.05) is 0 Å². The zero-order valence-electron chi connectivity index (χ0n) is 66.8. The van der Waals surface area contributed by atoms with Crippen LogP contribution in [0.5, 0.6) is 0 Å². The second kappa shape index (κ2) is 30.8. The van der Waals surface area contributed by atoms with E-state index in [-0.39, 0.29) is 0 Å². The van der Waals surface area contributed by atoms with E-state index in [0.717, 1.165) is 139 Å². The van der Waals surface area contributed by atoms with Crippen molar-refractivity contribution >= 4 is 141 Å². The van der Waals surface area contributed by atoms with Crippen molar-refractivity contribution in [1.29, 1.82) is 0 Å². The van der Waals surface area contributed by atoms with Crippen LogP contribution >= 0.6 is 0 Å². The first-order valence-corrected chi connectivity index (χ1v) is 41.5. The number of benzene rings is 17. The van der Waals surface area contributed by atoms with E-state index < -0.39 is 0 Å². The third-order valence-electron chi connectivity index (χ3n) is 23.9. The fraction of sp³-hybridized carbons (Fsp3) is 0. The Labute approximate surface area is 711 Å². The maximum Gasteiger partial charge on any atom is 0.116 e. The summed E-state index contributed by atoms with van der Waals surface area (Å²) in [6, 6.07) is 139. The largest absolute Gasteiger partial charge is 0.256 e. The fourth-order valence-corrected chi connectivity index (χ4v) is 17.8. The lowest BCUT2D eigenvalue weighted by atomic mass is 9.90.